The van der Waals surface area contributed by atoms with Crippen LogP contribution in [-0.2, 0) is 0 Å². The first-order valence-corrected chi connectivity index (χ1v) is 7.37. The molecule has 0 unspecified atom stereocenters. The van der Waals surface area contributed by atoms with Crippen molar-refractivity contribution >= 4 is 34.6 Å². The lowest BCUT2D eigenvalue weighted by Crippen LogP contribution is -2.43. The van der Waals surface area contributed by atoms with E-state index in [0.29, 0.717) is 27.8 Å². The van der Waals surface area contributed by atoms with E-state index in [9.17, 15) is 4.39 Å². The summed E-state index contributed by atoms with van der Waals surface area (Å²) in [6.07, 6.45) is 4.91. The summed E-state index contributed by atoms with van der Waals surface area (Å²) in [5.74, 6) is 0.271. The number of rotatable bonds is 2. The highest BCUT2D eigenvalue weighted by atomic mass is 35.5. The molecule has 1 aromatic carbocycles. The normalized spacial score (nSPS) is 22.9. The Morgan fingerprint density at radius 2 is 2.11 bits per heavy atom. The molecule has 1 aromatic rings. The second kappa shape index (κ2) is 6.53. The first-order valence-electron chi connectivity index (χ1n) is 6.59. The van der Waals surface area contributed by atoms with Crippen LogP contribution in [0.15, 0.2) is 18.2 Å². The molecule has 19 heavy (non-hydrogen) atoms. The van der Waals surface area contributed by atoms with Crippen molar-refractivity contribution in [1.29, 1.82) is 0 Å². The zero-order chi connectivity index (χ0) is 13.8. The molecule has 0 saturated heterocycles. The smallest absolute Gasteiger partial charge is 0.171 e. The van der Waals surface area contributed by atoms with Crippen LogP contribution in [-0.4, -0.2) is 11.2 Å². The van der Waals surface area contributed by atoms with Crippen LogP contribution in [0.2, 0.25) is 5.02 Å². The largest absolute Gasteiger partial charge is 0.359 e. The molecule has 1 aliphatic carbocycles. The van der Waals surface area contributed by atoms with Gasteiger partial charge in [0.15, 0.2) is 5.11 Å². The molecule has 0 bridgehead atoms. The quantitative estimate of drug-likeness (QED) is 0.794. The second-order valence-corrected chi connectivity index (χ2v) is 5.91. The summed E-state index contributed by atoms with van der Waals surface area (Å²) in [6.45, 7) is 2.24. The van der Waals surface area contributed by atoms with E-state index in [1.54, 1.807) is 6.07 Å². The van der Waals surface area contributed by atoms with Crippen LogP contribution in [0.3, 0.4) is 0 Å². The zero-order valence-corrected chi connectivity index (χ0v) is 12.5. The zero-order valence-electron chi connectivity index (χ0n) is 10.9. The van der Waals surface area contributed by atoms with Gasteiger partial charge in [0.1, 0.15) is 5.82 Å². The molecular formula is C14H18ClFN2S. The Morgan fingerprint density at radius 3 is 2.79 bits per heavy atom. The number of thiocarbonyl (C=S) groups is 1. The van der Waals surface area contributed by atoms with E-state index in [1.165, 1.54) is 31.4 Å². The predicted molar refractivity (Wildman–Crippen MR) is 82.2 cm³/mol. The van der Waals surface area contributed by atoms with Gasteiger partial charge in [0, 0.05) is 6.04 Å². The highest BCUT2D eigenvalue weighted by Crippen LogP contribution is 2.25. The Kier molecular flexibility index (Phi) is 4.99. The van der Waals surface area contributed by atoms with Crippen LogP contribution in [0.4, 0.5) is 10.1 Å². The number of hydrogen-bond acceptors (Lipinski definition) is 1. The average molecular weight is 301 g/mol. The molecule has 0 aliphatic heterocycles. The predicted octanol–water partition coefficient (Wildman–Crippen LogP) is 4.34. The molecule has 2 N–H and O–H groups in total. The average Bonchev–Trinajstić information content (AvgIpc) is 2.36. The standard InChI is InChI=1S/C14H18ClFN2S/c1-9-4-2-3-5-12(9)17-14(19)18-13-7-6-10(16)8-11(13)15/h6-9,12H,2-5H2,1H3,(H2,17,18,19)/t9-,12+/m1/s1. The van der Waals surface area contributed by atoms with Crippen molar-refractivity contribution in [2.45, 2.75) is 38.6 Å². The van der Waals surface area contributed by atoms with E-state index in [4.69, 9.17) is 23.8 Å². The van der Waals surface area contributed by atoms with E-state index < -0.39 is 0 Å². The van der Waals surface area contributed by atoms with E-state index in [2.05, 4.69) is 17.6 Å². The maximum Gasteiger partial charge on any atom is 0.171 e. The third-order valence-electron chi connectivity index (χ3n) is 3.61. The van der Waals surface area contributed by atoms with Gasteiger partial charge in [-0.05, 0) is 49.2 Å². The number of anilines is 1. The third kappa shape index (κ3) is 4.05. The van der Waals surface area contributed by atoms with Gasteiger partial charge in [0.05, 0.1) is 10.7 Å². The van der Waals surface area contributed by atoms with Crippen LogP contribution < -0.4 is 10.6 Å². The molecular weight excluding hydrogens is 283 g/mol. The van der Waals surface area contributed by atoms with Gasteiger partial charge in [0.25, 0.3) is 0 Å². The minimum absolute atomic E-state index is 0.334. The van der Waals surface area contributed by atoms with Crippen LogP contribution in [0.25, 0.3) is 0 Å². The maximum atomic E-state index is 12.9. The molecule has 2 rings (SSSR count). The van der Waals surface area contributed by atoms with Gasteiger partial charge in [-0.1, -0.05) is 31.4 Å². The Hall–Kier alpha value is -0.870. The van der Waals surface area contributed by atoms with Gasteiger partial charge >= 0.3 is 0 Å². The summed E-state index contributed by atoms with van der Waals surface area (Å²) < 4.78 is 12.9. The van der Waals surface area contributed by atoms with Crippen LogP contribution >= 0.6 is 23.8 Å². The van der Waals surface area contributed by atoms with Crippen LogP contribution in [0.1, 0.15) is 32.6 Å². The maximum absolute atomic E-state index is 12.9. The van der Waals surface area contributed by atoms with E-state index >= 15 is 0 Å². The molecule has 1 aliphatic rings. The minimum atomic E-state index is -0.352. The summed E-state index contributed by atoms with van der Waals surface area (Å²) in [4.78, 5) is 0. The number of benzene rings is 1. The number of hydrogen-bond donors (Lipinski definition) is 2. The monoisotopic (exact) mass is 300 g/mol. The Morgan fingerprint density at radius 1 is 1.37 bits per heavy atom. The summed E-state index contributed by atoms with van der Waals surface area (Å²) >= 11 is 11.2. The summed E-state index contributed by atoms with van der Waals surface area (Å²) in [7, 11) is 0. The van der Waals surface area contributed by atoms with Gasteiger partial charge in [-0.15, -0.1) is 0 Å². The Bertz CT molecular complexity index is 467. The fourth-order valence-electron chi connectivity index (χ4n) is 2.45. The lowest BCUT2D eigenvalue weighted by molar-refractivity contribution is 0.309. The molecule has 0 amide bonds. The molecule has 2 atom stereocenters. The SMILES string of the molecule is C[C@@H]1CCCC[C@@H]1NC(=S)Nc1ccc(F)cc1Cl. The highest BCUT2D eigenvalue weighted by Gasteiger charge is 2.21. The molecule has 0 aromatic heterocycles. The van der Waals surface area contributed by atoms with Crippen molar-refractivity contribution in [3.63, 3.8) is 0 Å². The van der Waals surface area contributed by atoms with Gasteiger partial charge in [0.2, 0.25) is 0 Å². The molecule has 104 valence electrons. The lowest BCUT2D eigenvalue weighted by Gasteiger charge is -2.30. The summed E-state index contributed by atoms with van der Waals surface area (Å²) in [6, 6.07) is 4.64. The van der Waals surface area contributed by atoms with Crippen LogP contribution in [0.5, 0.6) is 0 Å². The van der Waals surface area contributed by atoms with Gasteiger partial charge in [-0.25, -0.2) is 4.39 Å². The van der Waals surface area contributed by atoms with Crippen molar-refractivity contribution in [3.05, 3.63) is 29.0 Å². The highest BCUT2D eigenvalue weighted by molar-refractivity contribution is 7.80. The summed E-state index contributed by atoms with van der Waals surface area (Å²) in [5.41, 5.74) is 0.629. The van der Waals surface area contributed by atoms with Crippen LogP contribution in [0, 0.1) is 11.7 Å². The molecule has 0 spiro atoms. The van der Waals surface area contributed by atoms with Gasteiger partial charge < -0.3 is 10.6 Å². The topological polar surface area (TPSA) is 24.1 Å². The van der Waals surface area contributed by atoms with E-state index in [0.717, 1.165) is 6.42 Å². The van der Waals surface area contributed by atoms with E-state index in [1.807, 2.05) is 0 Å². The first-order chi connectivity index (χ1) is 9.06. The van der Waals surface area contributed by atoms with Gasteiger partial charge in [-0.3, -0.25) is 0 Å². The third-order valence-corrected chi connectivity index (χ3v) is 4.14. The Labute approximate surface area is 123 Å². The van der Waals surface area contributed by atoms with E-state index in [-0.39, 0.29) is 5.82 Å². The number of nitrogens with one attached hydrogen (secondary N) is 2. The first kappa shape index (κ1) is 14.5. The van der Waals surface area contributed by atoms with Crippen molar-refractivity contribution in [2.24, 2.45) is 5.92 Å². The van der Waals surface area contributed by atoms with Crippen molar-refractivity contribution in [3.8, 4) is 0 Å². The molecule has 1 saturated carbocycles. The van der Waals surface area contributed by atoms with Crippen molar-refractivity contribution in [1.82, 2.24) is 5.32 Å². The molecule has 5 heteroatoms. The summed E-state index contributed by atoms with van der Waals surface area (Å²) in [5, 5.41) is 7.24. The molecule has 0 radical (unpaired) electrons. The molecule has 1 fully saturated rings. The minimum Gasteiger partial charge on any atom is -0.359 e. The fourth-order valence-corrected chi connectivity index (χ4v) is 2.92. The second-order valence-electron chi connectivity index (χ2n) is 5.09. The lowest BCUT2D eigenvalue weighted by atomic mass is 9.86. The molecule has 2 nitrogen and oxygen atoms in total. The van der Waals surface area contributed by atoms with Crippen molar-refractivity contribution < 1.29 is 4.39 Å². The number of halogens is 2. The fraction of sp³-hybridized carbons (Fsp3) is 0.500. The Balaban J connectivity index is 1.93. The van der Waals surface area contributed by atoms with Crippen molar-refractivity contribution in [2.75, 3.05) is 5.32 Å². The van der Waals surface area contributed by atoms with Gasteiger partial charge in [-0.2, -0.15) is 0 Å². The molecule has 0 heterocycles.